The van der Waals surface area contributed by atoms with Gasteiger partial charge in [0, 0.05) is 8.95 Å². The third-order valence-electron chi connectivity index (χ3n) is 1.75. The monoisotopic (exact) mass is 303 g/mol. The maximum atomic E-state index is 11.2. The van der Waals surface area contributed by atoms with Crippen molar-refractivity contribution in [2.45, 2.75) is 0 Å². The molecule has 2 rings (SSSR count). The smallest absolute Gasteiger partial charge is 0.260 e. The molecule has 66 valence electrons. The Balaban J connectivity index is 2.77. The normalized spacial score (nSPS) is 14.3. The molecule has 2 amide bonds. The van der Waals surface area contributed by atoms with Crippen molar-refractivity contribution in [3.05, 3.63) is 32.2 Å². The molecule has 5 heteroatoms. The molecule has 0 saturated heterocycles. The molecule has 1 N–H and O–H groups in total. The molecule has 1 aliphatic heterocycles. The maximum absolute atomic E-state index is 11.2. The quantitative estimate of drug-likeness (QED) is 0.746. The minimum atomic E-state index is -0.348. The largest absolute Gasteiger partial charge is 0.288 e. The number of fused-ring (bicyclic) bond motifs is 1. The van der Waals surface area contributed by atoms with E-state index in [1.54, 1.807) is 12.1 Å². The lowest BCUT2D eigenvalue weighted by Crippen LogP contribution is -2.20. The minimum absolute atomic E-state index is 0.345. The number of hydrogen-bond donors (Lipinski definition) is 1. The van der Waals surface area contributed by atoms with Crippen molar-refractivity contribution in [3.8, 4) is 0 Å². The van der Waals surface area contributed by atoms with E-state index < -0.39 is 0 Å². The molecule has 0 unspecified atom stereocenters. The van der Waals surface area contributed by atoms with E-state index in [0.717, 1.165) is 4.47 Å². The SMILES string of the molecule is O=C1NC(=O)c2c(Br)cc(Br)cc21. The summed E-state index contributed by atoms with van der Waals surface area (Å²) >= 11 is 6.46. The Kier molecular flexibility index (Phi) is 2.00. The molecular formula is C8H3Br2NO2. The van der Waals surface area contributed by atoms with Gasteiger partial charge in [-0.15, -0.1) is 0 Å². The van der Waals surface area contributed by atoms with E-state index in [4.69, 9.17) is 0 Å². The average Bonchev–Trinajstić information content (AvgIpc) is 2.27. The number of carbonyl (C=O) groups is 2. The predicted molar refractivity (Wildman–Crippen MR) is 53.6 cm³/mol. The van der Waals surface area contributed by atoms with Crippen LogP contribution in [0.15, 0.2) is 21.1 Å². The van der Waals surface area contributed by atoms with Gasteiger partial charge in [-0.1, -0.05) is 15.9 Å². The number of rotatable bonds is 0. The summed E-state index contributed by atoms with van der Waals surface area (Å²) in [5.74, 6) is -0.693. The summed E-state index contributed by atoms with van der Waals surface area (Å²) in [6.07, 6.45) is 0. The first-order valence-corrected chi connectivity index (χ1v) is 5.03. The van der Waals surface area contributed by atoms with Crippen molar-refractivity contribution in [2.75, 3.05) is 0 Å². The topological polar surface area (TPSA) is 46.2 Å². The summed E-state index contributed by atoms with van der Waals surface area (Å²) < 4.78 is 1.39. The Hall–Kier alpha value is -0.680. The van der Waals surface area contributed by atoms with Crippen molar-refractivity contribution in [3.63, 3.8) is 0 Å². The summed E-state index contributed by atoms with van der Waals surface area (Å²) in [4.78, 5) is 22.4. The molecule has 1 heterocycles. The zero-order chi connectivity index (χ0) is 9.59. The van der Waals surface area contributed by atoms with Crippen molar-refractivity contribution >= 4 is 43.7 Å². The van der Waals surface area contributed by atoms with E-state index in [2.05, 4.69) is 37.2 Å². The zero-order valence-electron chi connectivity index (χ0n) is 6.23. The van der Waals surface area contributed by atoms with Gasteiger partial charge in [-0.3, -0.25) is 14.9 Å². The van der Waals surface area contributed by atoms with Crippen LogP contribution in [0, 0.1) is 0 Å². The van der Waals surface area contributed by atoms with E-state index in [0.29, 0.717) is 15.6 Å². The highest BCUT2D eigenvalue weighted by molar-refractivity contribution is 9.11. The van der Waals surface area contributed by atoms with E-state index in [1.807, 2.05) is 0 Å². The van der Waals surface area contributed by atoms with E-state index in [9.17, 15) is 9.59 Å². The number of nitrogens with one attached hydrogen (secondary N) is 1. The highest BCUT2D eigenvalue weighted by Crippen LogP contribution is 2.28. The molecule has 0 aromatic heterocycles. The van der Waals surface area contributed by atoms with Crippen molar-refractivity contribution in [1.29, 1.82) is 0 Å². The van der Waals surface area contributed by atoms with Crippen molar-refractivity contribution in [1.82, 2.24) is 5.32 Å². The summed E-state index contributed by atoms with van der Waals surface area (Å²) in [7, 11) is 0. The van der Waals surface area contributed by atoms with Gasteiger partial charge in [-0.25, -0.2) is 0 Å². The van der Waals surface area contributed by atoms with Crippen LogP contribution in [0.2, 0.25) is 0 Å². The van der Waals surface area contributed by atoms with Crippen LogP contribution < -0.4 is 5.32 Å². The second-order valence-corrected chi connectivity index (χ2v) is 4.36. The van der Waals surface area contributed by atoms with Crippen LogP contribution in [-0.4, -0.2) is 11.8 Å². The van der Waals surface area contributed by atoms with Gasteiger partial charge in [0.25, 0.3) is 11.8 Å². The Labute approximate surface area is 90.8 Å². The first-order chi connectivity index (χ1) is 6.09. The Bertz CT molecular complexity index is 428. The van der Waals surface area contributed by atoms with Gasteiger partial charge in [0.1, 0.15) is 0 Å². The van der Waals surface area contributed by atoms with Gasteiger partial charge in [-0.2, -0.15) is 0 Å². The molecule has 1 aromatic carbocycles. The van der Waals surface area contributed by atoms with Gasteiger partial charge in [0.2, 0.25) is 0 Å². The third-order valence-corrected chi connectivity index (χ3v) is 2.84. The second kappa shape index (κ2) is 2.92. The van der Waals surface area contributed by atoms with Gasteiger partial charge < -0.3 is 0 Å². The summed E-state index contributed by atoms with van der Waals surface area (Å²) in [6.45, 7) is 0. The highest BCUT2D eigenvalue weighted by Gasteiger charge is 2.29. The van der Waals surface area contributed by atoms with E-state index in [1.165, 1.54) is 0 Å². The van der Waals surface area contributed by atoms with Crippen LogP contribution in [0.5, 0.6) is 0 Å². The highest BCUT2D eigenvalue weighted by atomic mass is 79.9. The fraction of sp³-hybridized carbons (Fsp3) is 0. The molecule has 0 fully saturated rings. The van der Waals surface area contributed by atoms with Crippen LogP contribution in [0.1, 0.15) is 20.7 Å². The zero-order valence-corrected chi connectivity index (χ0v) is 9.40. The maximum Gasteiger partial charge on any atom is 0.260 e. The minimum Gasteiger partial charge on any atom is -0.288 e. The summed E-state index contributed by atoms with van der Waals surface area (Å²) in [5, 5.41) is 2.22. The van der Waals surface area contributed by atoms with Gasteiger partial charge in [-0.05, 0) is 28.1 Å². The van der Waals surface area contributed by atoms with Gasteiger partial charge in [0.15, 0.2) is 0 Å². The van der Waals surface area contributed by atoms with Crippen LogP contribution in [0.3, 0.4) is 0 Å². The molecule has 1 aliphatic rings. The predicted octanol–water partition coefficient (Wildman–Crippen LogP) is 2.10. The molecule has 0 spiro atoms. The second-order valence-electron chi connectivity index (χ2n) is 2.59. The van der Waals surface area contributed by atoms with E-state index in [-0.39, 0.29) is 11.8 Å². The molecule has 0 atom stereocenters. The Morgan fingerprint density at radius 3 is 2.46 bits per heavy atom. The molecule has 0 saturated carbocycles. The van der Waals surface area contributed by atoms with Crippen LogP contribution in [0.4, 0.5) is 0 Å². The molecule has 13 heavy (non-hydrogen) atoms. The standard InChI is InChI=1S/C8H3Br2NO2/c9-3-1-4-6(5(10)2-3)8(13)11-7(4)12/h1-2H,(H,11,12,13). The number of imide groups is 1. The first-order valence-electron chi connectivity index (χ1n) is 3.44. The third kappa shape index (κ3) is 1.32. The number of amides is 2. The lowest BCUT2D eigenvalue weighted by atomic mass is 10.1. The molecular weight excluding hydrogens is 302 g/mol. The fourth-order valence-electron chi connectivity index (χ4n) is 1.22. The lowest BCUT2D eigenvalue weighted by molar-refractivity contribution is 0.0879. The summed E-state index contributed by atoms with van der Waals surface area (Å²) in [5.41, 5.74) is 0.819. The molecule has 0 radical (unpaired) electrons. The van der Waals surface area contributed by atoms with Gasteiger partial charge >= 0.3 is 0 Å². The molecule has 3 nitrogen and oxygen atoms in total. The first kappa shape index (κ1) is 8.90. The van der Waals surface area contributed by atoms with Crippen LogP contribution in [-0.2, 0) is 0 Å². The Morgan fingerprint density at radius 1 is 1.08 bits per heavy atom. The Morgan fingerprint density at radius 2 is 1.77 bits per heavy atom. The molecule has 1 aromatic rings. The van der Waals surface area contributed by atoms with Crippen molar-refractivity contribution in [2.24, 2.45) is 0 Å². The number of benzene rings is 1. The summed E-state index contributed by atoms with van der Waals surface area (Å²) in [6, 6.07) is 3.36. The van der Waals surface area contributed by atoms with Crippen LogP contribution in [0.25, 0.3) is 0 Å². The van der Waals surface area contributed by atoms with Gasteiger partial charge in [0.05, 0.1) is 11.1 Å². The molecule has 0 aliphatic carbocycles. The van der Waals surface area contributed by atoms with Crippen molar-refractivity contribution < 1.29 is 9.59 Å². The lowest BCUT2D eigenvalue weighted by Gasteiger charge is -1.98. The average molecular weight is 305 g/mol. The van der Waals surface area contributed by atoms with Crippen LogP contribution >= 0.6 is 31.9 Å². The number of hydrogen-bond acceptors (Lipinski definition) is 2. The number of halogens is 2. The van der Waals surface area contributed by atoms with E-state index >= 15 is 0 Å². The fourth-order valence-corrected chi connectivity index (χ4v) is 2.62. The number of carbonyl (C=O) groups excluding carboxylic acids is 2. The molecule has 0 bridgehead atoms.